The first-order chi connectivity index (χ1) is 13.0. The molecule has 4 saturated heterocycles. The van der Waals surface area contributed by atoms with Gasteiger partial charge >= 0.3 is 5.97 Å². The maximum atomic E-state index is 13.3. The van der Waals surface area contributed by atoms with E-state index in [2.05, 4.69) is 54.1 Å². The van der Waals surface area contributed by atoms with Gasteiger partial charge in [-0.3, -0.25) is 9.69 Å². The lowest BCUT2D eigenvalue weighted by Gasteiger charge is -2.61. The number of benzene rings is 1. The minimum Gasteiger partial charge on any atom is -0.468 e. The third kappa shape index (κ3) is 1.40. The molecule has 27 heavy (non-hydrogen) atoms. The molecule has 1 aromatic carbocycles. The van der Waals surface area contributed by atoms with Gasteiger partial charge in [0.25, 0.3) is 0 Å². The van der Waals surface area contributed by atoms with Gasteiger partial charge < -0.3 is 14.7 Å². The van der Waals surface area contributed by atoms with E-state index in [1.54, 1.807) is 0 Å². The molecule has 5 nitrogen and oxygen atoms in total. The minimum absolute atomic E-state index is 0.0585. The second-order valence-electron chi connectivity index (χ2n) is 9.05. The van der Waals surface area contributed by atoms with Crippen LogP contribution in [-0.4, -0.2) is 60.9 Å². The lowest BCUT2D eigenvalue weighted by Crippen LogP contribution is -2.71. The molecule has 5 fully saturated rings. The Morgan fingerprint density at radius 3 is 2.89 bits per heavy atom. The Morgan fingerprint density at radius 2 is 2.15 bits per heavy atom. The molecule has 5 aliphatic heterocycles. The number of methoxy groups -OCH3 is 1. The number of aliphatic hydroxyl groups excluding tert-OH is 1. The first kappa shape index (κ1) is 16.1. The number of ether oxygens (including phenoxy) is 1. The molecule has 1 saturated carbocycles. The van der Waals surface area contributed by atoms with Gasteiger partial charge in [-0.05, 0) is 31.4 Å². The van der Waals surface area contributed by atoms with E-state index in [4.69, 9.17) is 4.74 Å². The molecular weight excluding hydrogens is 340 g/mol. The number of allylic oxidation sites excluding steroid dienone is 1. The first-order valence-electron chi connectivity index (χ1n) is 10.0. The molecule has 142 valence electrons. The number of para-hydroxylation sites is 1. The van der Waals surface area contributed by atoms with Gasteiger partial charge in [0, 0.05) is 42.7 Å². The molecule has 0 amide bonds. The van der Waals surface area contributed by atoms with Gasteiger partial charge in [-0.15, -0.1) is 0 Å². The highest BCUT2D eigenvalue weighted by Crippen LogP contribution is 2.72. The standard InChI is InChI=1S/C22H26N2O3/c1-4-12-11-24-16-9-14(12)22(20(26)27-3)17(24)10-21(19(22)25)13-7-5-6-8-15(13)23(2)18(16)21/h4-8,14,16-19,25H,9-11H2,1-3H3/b12-4-/t14-,16-,17-,18+,19?,21+,22?/m0/s1. The van der Waals surface area contributed by atoms with E-state index in [0.29, 0.717) is 6.04 Å². The molecule has 8 atom stereocenters. The molecule has 1 aromatic rings. The quantitative estimate of drug-likeness (QED) is 0.606. The van der Waals surface area contributed by atoms with E-state index < -0.39 is 11.5 Å². The van der Waals surface area contributed by atoms with Crippen LogP contribution < -0.4 is 4.90 Å². The van der Waals surface area contributed by atoms with Gasteiger partial charge in [-0.2, -0.15) is 0 Å². The van der Waals surface area contributed by atoms with Crippen LogP contribution >= 0.6 is 0 Å². The molecule has 5 heterocycles. The topological polar surface area (TPSA) is 53.0 Å². The fourth-order valence-corrected chi connectivity index (χ4v) is 7.97. The number of rotatable bonds is 1. The van der Waals surface area contributed by atoms with E-state index >= 15 is 0 Å². The summed E-state index contributed by atoms with van der Waals surface area (Å²) in [5, 5.41) is 12.0. The summed E-state index contributed by atoms with van der Waals surface area (Å²) >= 11 is 0. The number of hydrogen-bond acceptors (Lipinski definition) is 5. The zero-order chi connectivity index (χ0) is 18.7. The van der Waals surface area contributed by atoms with E-state index in [1.807, 2.05) is 0 Å². The van der Waals surface area contributed by atoms with Crippen molar-refractivity contribution in [1.29, 1.82) is 0 Å². The Bertz CT molecular complexity index is 897. The van der Waals surface area contributed by atoms with Gasteiger partial charge in [-0.25, -0.2) is 0 Å². The molecular formula is C22H26N2O3. The highest BCUT2D eigenvalue weighted by atomic mass is 16.5. The number of carbonyl (C=O) groups excluding carboxylic acids is 1. The van der Waals surface area contributed by atoms with Gasteiger partial charge in [0.05, 0.1) is 19.3 Å². The molecule has 0 aromatic heterocycles. The average molecular weight is 366 g/mol. The van der Waals surface area contributed by atoms with Crippen molar-refractivity contribution in [3.8, 4) is 0 Å². The van der Waals surface area contributed by atoms with Gasteiger partial charge in [0.1, 0.15) is 5.41 Å². The van der Waals surface area contributed by atoms with Crippen molar-refractivity contribution < 1.29 is 14.6 Å². The molecule has 3 unspecified atom stereocenters. The summed E-state index contributed by atoms with van der Waals surface area (Å²) in [6, 6.07) is 9.09. The Morgan fingerprint density at radius 1 is 1.37 bits per heavy atom. The highest BCUT2D eigenvalue weighted by Gasteiger charge is 2.82. The highest BCUT2D eigenvalue weighted by molar-refractivity contribution is 5.84. The van der Waals surface area contributed by atoms with E-state index in [-0.39, 0.29) is 29.4 Å². The van der Waals surface area contributed by atoms with Crippen molar-refractivity contribution in [3.05, 3.63) is 41.5 Å². The second-order valence-corrected chi connectivity index (χ2v) is 9.05. The number of esters is 1. The molecule has 1 aliphatic carbocycles. The fraction of sp³-hybridized carbons (Fsp3) is 0.591. The SMILES string of the molecule is C/C=C1/CN2[C@H]3C[C@@]45c6ccccc6N(C)[C@@H]4[C@@H]2C[C@@H]1C3(C(=O)OC)C5O. The predicted molar refractivity (Wildman–Crippen MR) is 102 cm³/mol. The van der Waals surface area contributed by atoms with Crippen LogP contribution in [0.1, 0.15) is 25.3 Å². The van der Waals surface area contributed by atoms with Gasteiger partial charge in [0.2, 0.25) is 0 Å². The van der Waals surface area contributed by atoms with Crippen LogP contribution in [0.5, 0.6) is 0 Å². The van der Waals surface area contributed by atoms with E-state index in [1.165, 1.54) is 23.9 Å². The van der Waals surface area contributed by atoms with E-state index in [0.717, 1.165) is 19.4 Å². The van der Waals surface area contributed by atoms with Crippen molar-refractivity contribution in [2.45, 2.75) is 49.4 Å². The van der Waals surface area contributed by atoms with Crippen molar-refractivity contribution in [3.63, 3.8) is 0 Å². The summed E-state index contributed by atoms with van der Waals surface area (Å²) in [4.78, 5) is 18.2. The Kier molecular flexibility index (Phi) is 2.84. The average Bonchev–Trinajstić information content (AvgIpc) is 3.08. The van der Waals surface area contributed by atoms with Crippen LogP contribution in [0.2, 0.25) is 0 Å². The van der Waals surface area contributed by atoms with Crippen LogP contribution in [-0.2, 0) is 14.9 Å². The number of piperidine rings is 4. The van der Waals surface area contributed by atoms with Crippen LogP contribution in [0.4, 0.5) is 5.69 Å². The number of anilines is 1. The molecule has 1 N–H and O–H groups in total. The zero-order valence-corrected chi connectivity index (χ0v) is 16.1. The smallest absolute Gasteiger partial charge is 0.316 e. The second kappa shape index (κ2) is 4.76. The third-order valence-corrected chi connectivity index (χ3v) is 8.72. The lowest BCUT2D eigenvalue weighted by molar-refractivity contribution is -0.179. The molecule has 5 bridgehead atoms. The number of hydrogen-bond donors (Lipinski definition) is 1. The lowest BCUT2D eigenvalue weighted by atomic mass is 9.58. The number of likely N-dealkylation sites (N-methyl/N-ethyl adjacent to an activating group) is 1. The van der Waals surface area contributed by atoms with Crippen molar-refractivity contribution in [2.75, 3.05) is 25.6 Å². The van der Waals surface area contributed by atoms with Crippen molar-refractivity contribution >= 4 is 11.7 Å². The summed E-state index contributed by atoms with van der Waals surface area (Å²) in [7, 11) is 3.63. The first-order valence-corrected chi connectivity index (χ1v) is 10.0. The maximum Gasteiger partial charge on any atom is 0.316 e. The summed E-state index contributed by atoms with van der Waals surface area (Å²) in [6.07, 6.45) is 3.19. The molecule has 7 rings (SSSR count). The Hall–Kier alpha value is -1.85. The maximum absolute atomic E-state index is 13.3. The molecule has 1 spiro atoms. The zero-order valence-electron chi connectivity index (χ0n) is 16.1. The van der Waals surface area contributed by atoms with Crippen LogP contribution in [0.15, 0.2) is 35.9 Å². The van der Waals surface area contributed by atoms with Crippen LogP contribution in [0.25, 0.3) is 0 Å². The minimum atomic E-state index is -0.849. The Labute approximate surface area is 159 Å². The molecule has 6 aliphatic rings. The number of aliphatic hydroxyl groups is 1. The monoisotopic (exact) mass is 366 g/mol. The molecule has 5 heteroatoms. The predicted octanol–water partition coefficient (Wildman–Crippen LogP) is 1.70. The number of fused-ring (bicyclic) bond motifs is 2. The fourth-order valence-electron chi connectivity index (χ4n) is 7.97. The summed E-state index contributed by atoms with van der Waals surface area (Å²) in [6.45, 7) is 2.97. The molecule has 0 radical (unpaired) electrons. The van der Waals surface area contributed by atoms with E-state index in [9.17, 15) is 9.90 Å². The summed E-state index contributed by atoms with van der Waals surface area (Å²) in [5.74, 6) is -0.146. The van der Waals surface area contributed by atoms with Crippen LogP contribution in [0, 0.1) is 11.3 Å². The third-order valence-electron chi connectivity index (χ3n) is 8.72. The normalized spacial score (nSPS) is 49.5. The number of carbonyl (C=O) groups is 1. The van der Waals surface area contributed by atoms with Gasteiger partial charge in [-0.1, -0.05) is 29.8 Å². The van der Waals surface area contributed by atoms with Crippen molar-refractivity contribution in [1.82, 2.24) is 4.90 Å². The Balaban J connectivity index is 1.67. The number of nitrogens with zero attached hydrogens (tertiary/aromatic N) is 2. The van der Waals surface area contributed by atoms with Crippen molar-refractivity contribution in [2.24, 2.45) is 11.3 Å². The largest absolute Gasteiger partial charge is 0.468 e. The summed E-state index contributed by atoms with van der Waals surface area (Å²) < 4.78 is 5.37. The van der Waals surface area contributed by atoms with Gasteiger partial charge in [0.15, 0.2) is 0 Å². The van der Waals surface area contributed by atoms with Crippen LogP contribution in [0.3, 0.4) is 0 Å². The summed E-state index contributed by atoms with van der Waals surface area (Å²) in [5.41, 5.74) is 2.48.